The molecule has 3 N–H and O–H groups in total. The van der Waals surface area contributed by atoms with Crippen molar-refractivity contribution in [3.63, 3.8) is 0 Å². The van der Waals surface area contributed by atoms with Gasteiger partial charge in [0.25, 0.3) is 0 Å². The van der Waals surface area contributed by atoms with Crippen LogP contribution in [0.15, 0.2) is 58.4 Å². The van der Waals surface area contributed by atoms with Crippen molar-refractivity contribution in [3.05, 3.63) is 65.5 Å². The van der Waals surface area contributed by atoms with E-state index in [9.17, 15) is 31.1 Å². The molecule has 0 saturated carbocycles. The number of aliphatic hydroxyl groups is 1. The molecule has 33 heavy (non-hydrogen) atoms. The highest BCUT2D eigenvalue weighted by atomic mass is 32.2. The van der Waals surface area contributed by atoms with Crippen LogP contribution in [0.1, 0.15) is 11.1 Å². The van der Waals surface area contributed by atoms with Crippen molar-refractivity contribution in [2.24, 2.45) is 10.1 Å². The number of aliphatic hydroxyl groups excluding tert-OH is 1. The molecule has 0 aliphatic carbocycles. The number of sulfonamides is 1. The molecule has 2 heterocycles. The molecular formula is C20H18F4N4O3S2. The molecule has 4 rings (SSSR count). The molecule has 1 saturated heterocycles. The van der Waals surface area contributed by atoms with Crippen LogP contribution < -0.4 is 5.14 Å². The molecule has 176 valence electrons. The second kappa shape index (κ2) is 8.72. The van der Waals surface area contributed by atoms with Gasteiger partial charge in [-0.1, -0.05) is 12.1 Å². The number of aliphatic imine (C=N–C) groups is 1. The maximum absolute atomic E-state index is 14.0. The lowest BCUT2D eigenvalue weighted by molar-refractivity contribution is -0.109. The van der Waals surface area contributed by atoms with Crippen LogP contribution in [0.25, 0.3) is 11.3 Å². The van der Waals surface area contributed by atoms with Crippen molar-refractivity contribution >= 4 is 38.9 Å². The molecule has 2 aromatic rings. The summed E-state index contributed by atoms with van der Waals surface area (Å²) >= 11 is 1.39. The summed E-state index contributed by atoms with van der Waals surface area (Å²) in [6, 6.07) is 9.75. The number of rotatable bonds is 4. The number of primary sulfonamides is 1. The first-order valence-electron chi connectivity index (χ1n) is 9.56. The zero-order valence-corrected chi connectivity index (χ0v) is 18.5. The number of nitrogens with zero attached hydrogens (tertiary/aromatic N) is 3. The average Bonchev–Trinajstić information content (AvgIpc) is 3.27. The van der Waals surface area contributed by atoms with Gasteiger partial charge in [-0.25, -0.2) is 27.9 Å². The second-order valence-electron chi connectivity index (χ2n) is 7.26. The van der Waals surface area contributed by atoms with Gasteiger partial charge in [0.1, 0.15) is 5.82 Å². The molecule has 7 nitrogen and oxygen atoms in total. The standard InChI is InChI=1S/C20H18F4N4O3S2/c21-14-6-4-12(5-7-14)17-16(13-2-1-3-15(10-13)33(25,30)31)18(29)28(27-8-9-32-11-27)19(26-17)20(22,23)24/h1-7,10,18,29H,8-9,11H2,(H2,25,30,31). The summed E-state index contributed by atoms with van der Waals surface area (Å²) in [5.41, 5.74) is -0.111. The maximum atomic E-state index is 14.0. The minimum Gasteiger partial charge on any atom is -0.368 e. The summed E-state index contributed by atoms with van der Waals surface area (Å²) in [7, 11) is -4.13. The number of thioether (sulfide) groups is 1. The topological polar surface area (TPSA) is 99.2 Å². The van der Waals surface area contributed by atoms with Gasteiger partial charge in [-0.05, 0) is 42.0 Å². The largest absolute Gasteiger partial charge is 0.450 e. The molecule has 0 spiro atoms. The summed E-state index contributed by atoms with van der Waals surface area (Å²) in [6.07, 6.45) is -6.76. The third-order valence-electron chi connectivity index (χ3n) is 5.06. The van der Waals surface area contributed by atoms with Crippen LogP contribution in [0, 0.1) is 5.82 Å². The Morgan fingerprint density at radius 1 is 1.12 bits per heavy atom. The second-order valence-corrected chi connectivity index (χ2v) is 9.90. The van der Waals surface area contributed by atoms with E-state index in [1.165, 1.54) is 47.1 Å². The van der Waals surface area contributed by atoms with E-state index in [4.69, 9.17) is 5.14 Å². The maximum Gasteiger partial charge on any atom is 0.450 e. The first-order chi connectivity index (χ1) is 15.5. The fourth-order valence-electron chi connectivity index (χ4n) is 3.59. The summed E-state index contributed by atoms with van der Waals surface area (Å²) in [5.74, 6) is -1.19. The van der Waals surface area contributed by atoms with Crippen LogP contribution >= 0.6 is 11.8 Å². The minimum atomic E-state index is -4.91. The van der Waals surface area contributed by atoms with Crippen LogP contribution in [-0.4, -0.2) is 60.0 Å². The van der Waals surface area contributed by atoms with Crippen LogP contribution in [0.5, 0.6) is 0 Å². The minimum absolute atomic E-state index is 0.0722. The molecule has 0 bridgehead atoms. The first kappa shape index (κ1) is 23.7. The van der Waals surface area contributed by atoms with E-state index in [1.54, 1.807) is 0 Å². The van der Waals surface area contributed by atoms with E-state index < -0.39 is 34.1 Å². The van der Waals surface area contributed by atoms with Gasteiger partial charge >= 0.3 is 6.18 Å². The average molecular weight is 503 g/mol. The highest BCUT2D eigenvalue weighted by Crippen LogP contribution is 2.40. The Kier molecular flexibility index (Phi) is 6.26. The summed E-state index contributed by atoms with van der Waals surface area (Å²) < 4.78 is 79.3. The van der Waals surface area contributed by atoms with E-state index in [2.05, 4.69) is 4.99 Å². The molecule has 1 fully saturated rings. The van der Waals surface area contributed by atoms with Gasteiger partial charge in [0.2, 0.25) is 15.9 Å². The number of benzene rings is 2. The summed E-state index contributed by atoms with van der Waals surface area (Å²) in [5, 5.41) is 18.4. The third kappa shape index (κ3) is 4.77. The molecule has 2 aliphatic heterocycles. The lowest BCUT2D eigenvalue weighted by Crippen LogP contribution is -2.57. The van der Waals surface area contributed by atoms with Crippen molar-refractivity contribution in [3.8, 4) is 0 Å². The Hall–Kier alpha value is -2.45. The van der Waals surface area contributed by atoms with Crippen LogP contribution in [0.4, 0.5) is 17.6 Å². The predicted octanol–water partition coefficient (Wildman–Crippen LogP) is 2.86. The Morgan fingerprint density at radius 3 is 2.39 bits per heavy atom. The van der Waals surface area contributed by atoms with Crippen molar-refractivity contribution < 1.29 is 31.1 Å². The van der Waals surface area contributed by atoms with Crippen molar-refractivity contribution in [1.82, 2.24) is 10.0 Å². The Labute approximate surface area is 191 Å². The van der Waals surface area contributed by atoms with E-state index in [0.717, 1.165) is 18.2 Å². The molecule has 2 aliphatic rings. The first-order valence-corrected chi connectivity index (χ1v) is 12.3. The quantitative estimate of drug-likeness (QED) is 0.624. The molecule has 1 atom stereocenters. The van der Waals surface area contributed by atoms with E-state index in [-0.39, 0.29) is 39.7 Å². The van der Waals surface area contributed by atoms with Crippen molar-refractivity contribution in [1.29, 1.82) is 0 Å². The fourth-order valence-corrected chi connectivity index (χ4v) is 5.08. The summed E-state index contributed by atoms with van der Waals surface area (Å²) in [4.78, 5) is 3.58. The van der Waals surface area contributed by atoms with Gasteiger partial charge in [-0.2, -0.15) is 13.2 Å². The monoisotopic (exact) mass is 502 g/mol. The van der Waals surface area contributed by atoms with Gasteiger partial charge < -0.3 is 5.11 Å². The molecule has 0 amide bonds. The van der Waals surface area contributed by atoms with Crippen molar-refractivity contribution in [2.45, 2.75) is 17.3 Å². The number of hydrazine groups is 1. The molecule has 2 aromatic carbocycles. The molecule has 0 radical (unpaired) electrons. The summed E-state index contributed by atoms with van der Waals surface area (Å²) in [6.45, 7) is 0.243. The van der Waals surface area contributed by atoms with Crippen LogP contribution in [0.2, 0.25) is 0 Å². The number of halogens is 4. The van der Waals surface area contributed by atoms with E-state index >= 15 is 0 Å². The SMILES string of the molecule is NS(=O)(=O)c1cccc(C2=C(c3ccc(F)cc3)N=C(C(F)(F)F)N(N3CCSC3)C2O)c1. The molecule has 1 unspecified atom stereocenters. The highest BCUT2D eigenvalue weighted by molar-refractivity contribution is 7.99. The number of alkyl halides is 3. The lowest BCUT2D eigenvalue weighted by Gasteiger charge is -2.41. The third-order valence-corrected chi connectivity index (χ3v) is 6.93. The number of amidine groups is 1. The van der Waals surface area contributed by atoms with Crippen LogP contribution in [0.3, 0.4) is 0 Å². The molecule has 13 heteroatoms. The highest BCUT2D eigenvalue weighted by Gasteiger charge is 2.48. The smallest absolute Gasteiger partial charge is 0.368 e. The normalized spacial score (nSPS) is 20.4. The Balaban J connectivity index is 1.99. The van der Waals surface area contributed by atoms with Gasteiger partial charge in [0.15, 0.2) is 6.23 Å². The zero-order valence-electron chi connectivity index (χ0n) is 16.8. The Bertz CT molecular complexity index is 1220. The number of hydrogen-bond donors (Lipinski definition) is 2. The van der Waals surface area contributed by atoms with Crippen molar-refractivity contribution in [2.75, 3.05) is 18.2 Å². The van der Waals surface area contributed by atoms with Gasteiger partial charge in [0, 0.05) is 23.4 Å². The van der Waals surface area contributed by atoms with Gasteiger partial charge in [0.05, 0.1) is 16.5 Å². The number of hydrogen-bond acceptors (Lipinski definition) is 7. The Morgan fingerprint density at radius 2 is 1.82 bits per heavy atom. The fraction of sp³-hybridized carbons (Fsp3) is 0.250. The van der Waals surface area contributed by atoms with E-state index in [0.29, 0.717) is 10.8 Å². The van der Waals surface area contributed by atoms with Crippen LogP contribution in [-0.2, 0) is 10.0 Å². The number of nitrogens with two attached hydrogens (primary N) is 1. The molecule has 0 aromatic heterocycles. The van der Waals surface area contributed by atoms with Gasteiger partial charge in [-0.15, -0.1) is 11.8 Å². The lowest BCUT2D eigenvalue weighted by atomic mass is 9.96. The zero-order chi connectivity index (χ0) is 24.0. The van der Waals surface area contributed by atoms with Gasteiger partial charge in [-0.3, -0.25) is 5.01 Å². The molecular weight excluding hydrogens is 484 g/mol. The predicted molar refractivity (Wildman–Crippen MR) is 116 cm³/mol. The van der Waals surface area contributed by atoms with E-state index in [1.807, 2.05) is 0 Å².